The van der Waals surface area contributed by atoms with Crippen molar-refractivity contribution in [3.63, 3.8) is 0 Å². The first-order valence-electron chi connectivity index (χ1n) is 11.7. The third kappa shape index (κ3) is 4.29. The van der Waals surface area contributed by atoms with E-state index in [4.69, 9.17) is 23.6 Å². The lowest BCUT2D eigenvalue weighted by molar-refractivity contribution is 0.0565. The maximum absolute atomic E-state index is 11.9. The van der Waals surface area contributed by atoms with Gasteiger partial charge in [-0.05, 0) is 68.8 Å². The van der Waals surface area contributed by atoms with Gasteiger partial charge in [-0.15, -0.1) is 0 Å². The molecule has 1 aliphatic carbocycles. The summed E-state index contributed by atoms with van der Waals surface area (Å²) >= 11 is 0. The number of aryl methyl sites for hydroxylation is 1. The van der Waals surface area contributed by atoms with Gasteiger partial charge < -0.3 is 23.5 Å². The molecule has 1 fully saturated rings. The van der Waals surface area contributed by atoms with E-state index in [9.17, 15) is 4.79 Å². The van der Waals surface area contributed by atoms with Crippen LogP contribution in [-0.4, -0.2) is 56.3 Å². The first-order valence-corrected chi connectivity index (χ1v) is 11.7. The highest BCUT2D eigenvalue weighted by atomic mass is 16.5. The Labute approximate surface area is 193 Å². The molecule has 0 atom stereocenters. The Hall–Kier alpha value is -3.06. The summed E-state index contributed by atoms with van der Waals surface area (Å²) in [4.78, 5) is 19.3. The number of pyridine rings is 1. The number of benzene rings is 1. The van der Waals surface area contributed by atoms with Crippen LogP contribution in [0.5, 0.6) is 11.5 Å². The van der Waals surface area contributed by atoms with E-state index < -0.39 is 5.97 Å². The van der Waals surface area contributed by atoms with Crippen LogP contribution >= 0.6 is 0 Å². The van der Waals surface area contributed by atoms with Crippen molar-refractivity contribution in [3.8, 4) is 22.8 Å². The van der Waals surface area contributed by atoms with E-state index in [0.29, 0.717) is 12.4 Å². The first kappa shape index (κ1) is 21.8. The molecule has 0 bridgehead atoms. The van der Waals surface area contributed by atoms with Crippen LogP contribution in [0.3, 0.4) is 0 Å². The van der Waals surface area contributed by atoms with Crippen molar-refractivity contribution in [1.82, 2.24) is 9.88 Å². The molecule has 1 aliphatic heterocycles. The zero-order valence-electron chi connectivity index (χ0n) is 19.3. The van der Waals surface area contributed by atoms with Gasteiger partial charge in [0, 0.05) is 29.6 Å². The number of esters is 1. The monoisotopic (exact) mass is 450 g/mol. The lowest BCUT2D eigenvalue weighted by Crippen LogP contribution is -2.21. The Morgan fingerprint density at radius 2 is 1.88 bits per heavy atom. The average molecular weight is 451 g/mol. The number of methoxy groups -OCH3 is 2. The van der Waals surface area contributed by atoms with Crippen LogP contribution < -0.4 is 9.47 Å². The van der Waals surface area contributed by atoms with Crippen molar-refractivity contribution in [2.75, 3.05) is 40.5 Å². The summed E-state index contributed by atoms with van der Waals surface area (Å²) in [5.41, 5.74) is 5.01. The molecule has 0 radical (unpaired) electrons. The van der Waals surface area contributed by atoms with E-state index >= 15 is 0 Å². The van der Waals surface area contributed by atoms with Gasteiger partial charge in [-0.1, -0.05) is 0 Å². The highest BCUT2D eigenvalue weighted by molar-refractivity contribution is 5.92. The van der Waals surface area contributed by atoms with E-state index in [2.05, 4.69) is 11.0 Å². The second kappa shape index (κ2) is 9.43. The van der Waals surface area contributed by atoms with Crippen molar-refractivity contribution in [2.24, 2.45) is 0 Å². The van der Waals surface area contributed by atoms with Crippen LogP contribution in [0.15, 0.2) is 28.9 Å². The Bertz CT molecular complexity index is 1160. The second-order valence-corrected chi connectivity index (χ2v) is 8.73. The standard InChI is InChI=1S/C26H30N2O5/c1-30-22-14-20-18-7-5-8-19(18)25(17-13-24(33-16-17)26(29)31-2)27-21(20)15-23(22)32-12-6-11-28-9-3-4-10-28/h13-16H,3-12H2,1-2H3. The van der Waals surface area contributed by atoms with E-state index in [-0.39, 0.29) is 5.76 Å². The topological polar surface area (TPSA) is 74.0 Å². The molecular weight excluding hydrogens is 420 g/mol. The van der Waals surface area contributed by atoms with E-state index in [0.717, 1.165) is 60.1 Å². The molecular formula is C26H30N2O5. The molecule has 5 rings (SSSR count). The summed E-state index contributed by atoms with van der Waals surface area (Å²) in [6.45, 7) is 4.10. The van der Waals surface area contributed by atoms with E-state index in [1.165, 1.54) is 44.2 Å². The number of fused-ring (bicyclic) bond motifs is 3. The molecule has 0 N–H and O–H groups in total. The van der Waals surface area contributed by atoms with Crippen molar-refractivity contribution < 1.29 is 23.4 Å². The van der Waals surface area contributed by atoms with Crippen LogP contribution in [0.1, 0.15) is 47.4 Å². The van der Waals surface area contributed by atoms with Crippen LogP contribution in [0, 0.1) is 0 Å². The average Bonchev–Trinajstić information content (AvgIpc) is 3.61. The Balaban J connectivity index is 1.46. The molecule has 2 aromatic heterocycles. The fraction of sp³-hybridized carbons (Fsp3) is 0.462. The summed E-state index contributed by atoms with van der Waals surface area (Å²) < 4.78 is 22.0. The van der Waals surface area contributed by atoms with Gasteiger partial charge >= 0.3 is 5.97 Å². The van der Waals surface area contributed by atoms with Crippen molar-refractivity contribution >= 4 is 16.9 Å². The van der Waals surface area contributed by atoms with Gasteiger partial charge in [0.25, 0.3) is 0 Å². The fourth-order valence-corrected chi connectivity index (χ4v) is 5.03. The van der Waals surface area contributed by atoms with Crippen LogP contribution in [0.4, 0.5) is 0 Å². The van der Waals surface area contributed by atoms with E-state index in [1.54, 1.807) is 19.4 Å². The fourth-order valence-electron chi connectivity index (χ4n) is 5.03. The molecule has 2 aliphatic rings. The highest BCUT2D eigenvalue weighted by Crippen LogP contribution is 2.40. The molecule has 0 saturated carbocycles. The molecule has 3 aromatic rings. The number of nitrogens with zero attached hydrogens (tertiary/aromatic N) is 2. The van der Waals surface area contributed by atoms with Gasteiger partial charge in [0.05, 0.1) is 32.0 Å². The lowest BCUT2D eigenvalue weighted by Gasteiger charge is -2.17. The summed E-state index contributed by atoms with van der Waals surface area (Å²) in [6.07, 6.45) is 8.17. The van der Waals surface area contributed by atoms with Crippen LogP contribution in [0.25, 0.3) is 22.2 Å². The van der Waals surface area contributed by atoms with Crippen molar-refractivity contribution in [1.29, 1.82) is 0 Å². The van der Waals surface area contributed by atoms with Gasteiger partial charge in [-0.25, -0.2) is 9.78 Å². The Kier molecular flexibility index (Phi) is 6.22. The van der Waals surface area contributed by atoms with E-state index in [1.807, 2.05) is 6.07 Å². The molecule has 0 amide bonds. The number of furan rings is 1. The van der Waals surface area contributed by atoms with Crippen LogP contribution in [0.2, 0.25) is 0 Å². The molecule has 1 aromatic carbocycles. The minimum atomic E-state index is -0.493. The molecule has 3 heterocycles. The predicted octanol–water partition coefficient (Wildman–Crippen LogP) is 4.64. The number of aromatic nitrogens is 1. The normalized spacial score (nSPS) is 15.7. The van der Waals surface area contributed by atoms with Crippen molar-refractivity contribution in [3.05, 3.63) is 41.3 Å². The number of rotatable bonds is 8. The SMILES string of the molecule is COC(=O)c1cc(-c2nc3cc(OCCCN4CCCC4)c(OC)cc3c3c2CCC3)co1. The molecule has 7 nitrogen and oxygen atoms in total. The molecule has 0 spiro atoms. The van der Waals surface area contributed by atoms with Crippen LogP contribution in [-0.2, 0) is 17.6 Å². The summed E-state index contributed by atoms with van der Waals surface area (Å²) in [5.74, 6) is 1.14. The Morgan fingerprint density at radius 1 is 1.06 bits per heavy atom. The molecule has 7 heteroatoms. The number of likely N-dealkylation sites (tertiary alicyclic amines) is 1. The van der Waals surface area contributed by atoms with Gasteiger partial charge in [-0.2, -0.15) is 0 Å². The zero-order chi connectivity index (χ0) is 22.8. The summed E-state index contributed by atoms with van der Waals surface area (Å²) in [6, 6.07) is 5.74. The predicted molar refractivity (Wildman–Crippen MR) is 125 cm³/mol. The van der Waals surface area contributed by atoms with Gasteiger partial charge in [0.15, 0.2) is 11.5 Å². The first-order chi connectivity index (χ1) is 16.2. The highest BCUT2D eigenvalue weighted by Gasteiger charge is 2.24. The third-order valence-electron chi connectivity index (χ3n) is 6.68. The zero-order valence-corrected chi connectivity index (χ0v) is 19.3. The minimum Gasteiger partial charge on any atom is -0.493 e. The summed E-state index contributed by atoms with van der Waals surface area (Å²) in [5, 5.41) is 1.10. The molecule has 1 saturated heterocycles. The van der Waals surface area contributed by atoms with Gasteiger partial charge in [-0.3, -0.25) is 0 Å². The largest absolute Gasteiger partial charge is 0.493 e. The maximum Gasteiger partial charge on any atom is 0.373 e. The van der Waals surface area contributed by atoms with Gasteiger partial charge in [0.1, 0.15) is 6.26 Å². The molecule has 174 valence electrons. The number of hydrogen-bond donors (Lipinski definition) is 0. The quantitative estimate of drug-likeness (QED) is 0.365. The number of hydrogen-bond acceptors (Lipinski definition) is 7. The smallest absolute Gasteiger partial charge is 0.373 e. The summed E-state index contributed by atoms with van der Waals surface area (Å²) in [7, 11) is 3.02. The Morgan fingerprint density at radius 3 is 2.67 bits per heavy atom. The number of carbonyl (C=O) groups is 1. The van der Waals surface area contributed by atoms with Gasteiger partial charge in [0.2, 0.25) is 5.76 Å². The minimum absolute atomic E-state index is 0.179. The molecule has 0 unspecified atom stereocenters. The maximum atomic E-state index is 11.9. The third-order valence-corrected chi connectivity index (χ3v) is 6.68. The second-order valence-electron chi connectivity index (χ2n) is 8.73. The number of carbonyl (C=O) groups excluding carboxylic acids is 1. The molecule has 33 heavy (non-hydrogen) atoms. The van der Waals surface area contributed by atoms with Crippen molar-refractivity contribution in [2.45, 2.75) is 38.5 Å². The number of ether oxygens (including phenoxy) is 3. The lowest BCUT2D eigenvalue weighted by atomic mass is 9.99.